The topological polar surface area (TPSA) is 30.5 Å². The Balaban J connectivity index is 2.08. The molecule has 1 saturated heterocycles. The summed E-state index contributed by atoms with van der Waals surface area (Å²) in [6.45, 7) is 0. The van der Waals surface area contributed by atoms with Gasteiger partial charge in [0, 0.05) is 0 Å². The highest BCUT2D eigenvalue weighted by molar-refractivity contribution is 6.76. The molecule has 1 aromatic carbocycles. The molecule has 1 heterocycles. The second-order valence-electron chi connectivity index (χ2n) is 2.21. The van der Waals surface area contributed by atoms with Gasteiger partial charge < -0.3 is 12.9 Å². The smallest absolute Gasteiger partial charge is 0.411 e. The summed E-state index contributed by atoms with van der Waals surface area (Å²) in [7, 11) is -0.383. The quantitative estimate of drug-likeness (QED) is 0.606. The predicted molar refractivity (Wildman–Crippen MR) is 48.6 cm³/mol. The van der Waals surface area contributed by atoms with Gasteiger partial charge in [0.2, 0.25) is 0 Å². The monoisotopic (exact) mass is 208 g/mol. The molecule has 0 amide bonds. The molecule has 0 aliphatic carbocycles. The summed E-state index contributed by atoms with van der Waals surface area (Å²) in [6.07, 6.45) is 0. The van der Waals surface area contributed by atoms with Crippen molar-refractivity contribution in [3.05, 3.63) is 30.3 Å². The highest BCUT2D eigenvalue weighted by atomic mass is 28.4. The van der Waals surface area contributed by atoms with Gasteiger partial charge in [-0.1, -0.05) is 30.3 Å². The third-order valence-electron chi connectivity index (χ3n) is 1.44. The molecule has 0 bridgehead atoms. The molecule has 1 N–H and O–H groups in total. The normalized spacial score (nSPS) is 19.3. The van der Waals surface area contributed by atoms with Crippen molar-refractivity contribution in [3.63, 3.8) is 0 Å². The van der Waals surface area contributed by atoms with Crippen molar-refractivity contribution in [2.75, 3.05) is 0 Å². The summed E-state index contributed by atoms with van der Waals surface area (Å²) < 4.78 is 13.8. The van der Waals surface area contributed by atoms with Crippen LogP contribution in [-0.4, -0.2) is 29.1 Å². The second kappa shape index (κ2) is 4.12. The fourth-order valence-electron chi connectivity index (χ4n) is 0.901. The average molecular weight is 208 g/mol. The van der Waals surface area contributed by atoms with Crippen molar-refractivity contribution in [3.8, 4) is 0 Å². The summed E-state index contributed by atoms with van der Waals surface area (Å²) in [6, 6.07) is 10.2. The van der Waals surface area contributed by atoms with Gasteiger partial charge in [-0.25, -0.2) is 0 Å². The van der Waals surface area contributed by atoms with Crippen LogP contribution in [0.2, 0.25) is 0 Å². The van der Waals surface area contributed by atoms with E-state index in [2.05, 4.69) is 16.8 Å². The zero-order valence-electron chi connectivity index (χ0n) is 6.20. The number of nitrogens with one attached hydrogen (secondary N) is 1. The Morgan fingerprint density at radius 2 is 2.08 bits per heavy atom. The van der Waals surface area contributed by atoms with Crippen molar-refractivity contribution in [2.24, 2.45) is 0 Å². The Hall–Kier alpha value is -0.249. The van der Waals surface area contributed by atoms with Crippen LogP contribution >= 0.6 is 0 Å². The van der Waals surface area contributed by atoms with Crippen LogP contribution in [0.1, 0.15) is 0 Å². The van der Waals surface area contributed by atoms with E-state index in [-0.39, 0.29) is 10.0 Å². The molecule has 0 unspecified atom stereocenters. The molecule has 1 aliphatic heterocycles. The maximum Gasteiger partial charge on any atom is 0.411 e. The van der Waals surface area contributed by atoms with Gasteiger partial charge in [0.15, 0.2) is 0 Å². The minimum atomic E-state index is -0.976. The van der Waals surface area contributed by atoms with E-state index >= 15 is 0 Å². The molecule has 59 valence electrons. The Bertz CT molecular complexity index is 240. The third-order valence-corrected chi connectivity index (χ3v) is 5.50. The van der Waals surface area contributed by atoms with Crippen LogP contribution in [0.15, 0.2) is 30.3 Å². The molecular formula is C6H6NO2Si3. The van der Waals surface area contributed by atoms with Gasteiger partial charge in [-0.05, 0) is 5.19 Å². The lowest BCUT2D eigenvalue weighted by molar-refractivity contribution is 0.456. The maximum atomic E-state index is 5.47. The van der Waals surface area contributed by atoms with Gasteiger partial charge in [-0.2, -0.15) is 0 Å². The fourth-order valence-corrected chi connectivity index (χ4v) is 5.18. The zero-order chi connectivity index (χ0) is 8.23. The van der Waals surface area contributed by atoms with Crippen LogP contribution in [0, 0.1) is 0 Å². The molecule has 0 aromatic heterocycles. The van der Waals surface area contributed by atoms with Gasteiger partial charge in [0.05, 0.1) is 0 Å². The first-order chi connectivity index (χ1) is 5.97. The Morgan fingerprint density at radius 3 is 2.75 bits per heavy atom. The lowest BCUT2D eigenvalue weighted by atomic mass is 10.4. The Labute approximate surface area is 78.0 Å². The number of hydrogen-bond donors (Lipinski definition) is 1. The van der Waals surface area contributed by atoms with Gasteiger partial charge in [-0.15, -0.1) is 0 Å². The summed E-state index contributed by atoms with van der Waals surface area (Å²) in [5, 5.41) is 1.26. The predicted octanol–water partition coefficient (Wildman–Crippen LogP) is -0.913. The lowest BCUT2D eigenvalue weighted by Gasteiger charge is -2.19. The van der Waals surface area contributed by atoms with Crippen molar-refractivity contribution in [2.45, 2.75) is 0 Å². The van der Waals surface area contributed by atoms with Crippen LogP contribution in [0.4, 0.5) is 0 Å². The molecule has 0 saturated carbocycles. The van der Waals surface area contributed by atoms with Crippen molar-refractivity contribution in [1.82, 2.24) is 4.65 Å². The summed E-state index contributed by atoms with van der Waals surface area (Å²) in [4.78, 5) is 0. The van der Waals surface area contributed by atoms with E-state index < -0.39 is 9.20 Å². The van der Waals surface area contributed by atoms with Gasteiger partial charge in [0.1, 0.15) is 0 Å². The first-order valence-corrected chi connectivity index (χ1v) is 6.61. The van der Waals surface area contributed by atoms with E-state index in [1.54, 1.807) is 0 Å². The van der Waals surface area contributed by atoms with Gasteiger partial charge in [0.25, 0.3) is 0 Å². The highest BCUT2D eigenvalue weighted by Gasteiger charge is 2.21. The molecule has 2 rings (SSSR count). The van der Waals surface area contributed by atoms with Crippen molar-refractivity contribution < 1.29 is 8.23 Å². The number of hydrogen-bond acceptors (Lipinski definition) is 3. The lowest BCUT2D eigenvalue weighted by Crippen LogP contribution is -2.54. The molecule has 0 atom stereocenters. The Morgan fingerprint density at radius 1 is 1.25 bits per heavy atom. The second-order valence-corrected chi connectivity index (χ2v) is 6.45. The van der Waals surface area contributed by atoms with Gasteiger partial charge >= 0.3 is 29.1 Å². The first-order valence-electron chi connectivity index (χ1n) is 3.48. The number of rotatable bonds is 1. The van der Waals surface area contributed by atoms with Gasteiger partial charge in [-0.3, -0.25) is 0 Å². The van der Waals surface area contributed by atoms with Crippen molar-refractivity contribution in [1.29, 1.82) is 0 Å². The van der Waals surface area contributed by atoms with Crippen LogP contribution in [0.25, 0.3) is 0 Å². The number of benzene rings is 1. The Kier molecular flexibility index (Phi) is 2.87. The SMILES string of the molecule is c1ccc([Si]2N[Si]O[Si]O2)cc1. The zero-order valence-corrected chi connectivity index (χ0v) is 9.20. The first kappa shape index (κ1) is 8.35. The molecule has 12 heavy (non-hydrogen) atoms. The summed E-state index contributed by atoms with van der Waals surface area (Å²) in [5.74, 6) is 0. The average Bonchev–Trinajstić information content (AvgIpc) is 2.21. The third kappa shape index (κ3) is 1.91. The van der Waals surface area contributed by atoms with Crippen LogP contribution in [-0.2, 0) is 8.23 Å². The van der Waals surface area contributed by atoms with E-state index in [0.29, 0.717) is 9.92 Å². The van der Waals surface area contributed by atoms with E-state index in [4.69, 9.17) is 8.23 Å². The standard InChI is InChI=1S/C6H6NO2Si3/c1-2-4-6(5-3-1)12-7-10-8-11-9-12/h1-5,7H. The van der Waals surface area contributed by atoms with E-state index in [1.807, 2.05) is 18.2 Å². The minimum Gasteiger partial charge on any atom is -0.422 e. The van der Waals surface area contributed by atoms with Crippen molar-refractivity contribution >= 4 is 34.3 Å². The van der Waals surface area contributed by atoms with E-state index in [1.165, 1.54) is 5.19 Å². The summed E-state index contributed by atoms with van der Waals surface area (Å²) >= 11 is 0. The molecule has 0 spiro atoms. The molecular weight excluding hydrogens is 202 g/mol. The molecule has 3 nitrogen and oxygen atoms in total. The minimum absolute atomic E-state index is 0.203. The van der Waals surface area contributed by atoms with Crippen LogP contribution in [0.5, 0.6) is 0 Å². The maximum absolute atomic E-state index is 5.47. The van der Waals surface area contributed by atoms with E-state index in [9.17, 15) is 0 Å². The molecule has 1 aromatic rings. The summed E-state index contributed by atoms with van der Waals surface area (Å²) in [5.41, 5.74) is 0. The van der Waals surface area contributed by atoms with E-state index in [0.717, 1.165) is 0 Å². The van der Waals surface area contributed by atoms with Crippen LogP contribution in [0.3, 0.4) is 0 Å². The molecule has 1 aliphatic rings. The van der Waals surface area contributed by atoms with Crippen LogP contribution < -0.4 is 9.83 Å². The fraction of sp³-hybridized carbons (Fsp3) is 0. The molecule has 1 fully saturated rings. The largest absolute Gasteiger partial charge is 0.422 e. The molecule has 6 heteroatoms. The highest BCUT2D eigenvalue weighted by Crippen LogP contribution is 1.90. The molecule has 5 radical (unpaired) electrons.